The van der Waals surface area contributed by atoms with E-state index in [0.29, 0.717) is 54.8 Å². The summed E-state index contributed by atoms with van der Waals surface area (Å²) >= 11 is 0. The number of piperazine rings is 1. The fourth-order valence-corrected chi connectivity index (χ4v) is 4.06. The summed E-state index contributed by atoms with van der Waals surface area (Å²) in [5, 5.41) is 20.6. The van der Waals surface area contributed by atoms with Crippen molar-refractivity contribution in [2.24, 2.45) is 0 Å². The number of rotatable bonds is 5. The molecule has 2 N–H and O–H groups in total. The van der Waals surface area contributed by atoms with E-state index < -0.39 is 6.09 Å². The lowest BCUT2D eigenvalue weighted by Gasteiger charge is -2.39. The molecule has 1 aliphatic rings. The van der Waals surface area contributed by atoms with Gasteiger partial charge in [-0.25, -0.2) is 9.78 Å². The SMILES string of the molecule is CCOc1cc2nc(C)cn2cc1C(=O)Nc1cc(C)c(N2CCN(C(=O)O)[C@@H](C)C2)nn1. The van der Waals surface area contributed by atoms with E-state index in [-0.39, 0.29) is 11.9 Å². The van der Waals surface area contributed by atoms with Crippen molar-refractivity contribution >= 4 is 29.3 Å². The summed E-state index contributed by atoms with van der Waals surface area (Å²) in [6.07, 6.45) is 2.61. The molecule has 4 heterocycles. The second kappa shape index (κ2) is 8.93. The smallest absolute Gasteiger partial charge is 0.407 e. The summed E-state index contributed by atoms with van der Waals surface area (Å²) in [6.45, 7) is 9.36. The molecule has 33 heavy (non-hydrogen) atoms. The maximum atomic E-state index is 13.0. The first-order valence-corrected chi connectivity index (χ1v) is 10.8. The van der Waals surface area contributed by atoms with E-state index in [1.165, 1.54) is 4.90 Å². The second-order valence-corrected chi connectivity index (χ2v) is 8.09. The molecule has 1 atom stereocenters. The van der Waals surface area contributed by atoms with Crippen LogP contribution >= 0.6 is 0 Å². The fraction of sp³-hybridized carbons (Fsp3) is 0.409. The van der Waals surface area contributed by atoms with Crippen LogP contribution in [0.4, 0.5) is 16.4 Å². The van der Waals surface area contributed by atoms with E-state index in [2.05, 4.69) is 20.5 Å². The summed E-state index contributed by atoms with van der Waals surface area (Å²) in [4.78, 5) is 32.2. The van der Waals surface area contributed by atoms with Gasteiger partial charge in [-0.05, 0) is 39.3 Å². The van der Waals surface area contributed by atoms with Crippen molar-refractivity contribution in [1.82, 2.24) is 24.5 Å². The lowest BCUT2D eigenvalue weighted by molar-refractivity contribution is 0.102. The monoisotopic (exact) mass is 453 g/mol. The highest BCUT2D eigenvalue weighted by atomic mass is 16.5. The zero-order valence-electron chi connectivity index (χ0n) is 19.1. The van der Waals surface area contributed by atoms with Crippen LogP contribution in [0.1, 0.15) is 35.5 Å². The molecule has 0 unspecified atom stereocenters. The summed E-state index contributed by atoms with van der Waals surface area (Å²) in [5.74, 6) is 1.08. The molecule has 11 nitrogen and oxygen atoms in total. The molecule has 1 saturated heterocycles. The van der Waals surface area contributed by atoms with Gasteiger partial charge in [0.1, 0.15) is 11.4 Å². The average molecular weight is 454 g/mol. The van der Waals surface area contributed by atoms with Crippen LogP contribution in [-0.4, -0.2) is 73.9 Å². The van der Waals surface area contributed by atoms with Crippen molar-refractivity contribution in [2.45, 2.75) is 33.7 Å². The van der Waals surface area contributed by atoms with Crippen molar-refractivity contribution in [2.75, 3.05) is 36.5 Å². The third-order valence-corrected chi connectivity index (χ3v) is 5.59. The number of nitrogens with zero attached hydrogens (tertiary/aromatic N) is 6. The van der Waals surface area contributed by atoms with Crippen LogP contribution in [0, 0.1) is 13.8 Å². The summed E-state index contributed by atoms with van der Waals surface area (Å²) in [6, 6.07) is 3.34. The van der Waals surface area contributed by atoms with Crippen LogP contribution in [-0.2, 0) is 0 Å². The first-order chi connectivity index (χ1) is 15.8. The number of anilines is 2. The molecule has 174 valence electrons. The van der Waals surface area contributed by atoms with Gasteiger partial charge in [-0.15, -0.1) is 10.2 Å². The van der Waals surface area contributed by atoms with Gasteiger partial charge in [-0.1, -0.05) is 0 Å². The highest BCUT2D eigenvalue weighted by Crippen LogP contribution is 2.25. The predicted octanol–water partition coefficient (Wildman–Crippen LogP) is 2.58. The van der Waals surface area contributed by atoms with Gasteiger partial charge in [0.15, 0.2) is 11.6 Å². The van der Waals surface area contributed by atoms with Gasteiger partial charge >= 0.3 is 6.09 Å². The number of hydrogen-bond acceptors (Lipinski definition) is 7. The predicted molar refractivity (Wildman–Crippen MR) is 122 cm³/mol. The zero-order chi connectivity index (χ0) is 23.7. The van der Waals surface area contributed by atoms with E-state index >= 15 is 0 Å². The van der Waals surface area contributed by atoms with Gasteiger partial charge in [0.25, 0.3) is 5.91 Å². The molecular weight excluding hydrogens is 426 g/mol. The minimum atomic E-state index is -0.918. The van der Waals surface area contributed by atoms with E-state index in [9.17, 15) is 14.7 Å². The van der Waals surface area contributed by atoms with E-state index in [0.717, 1.165) is 11.3 Å². The van der Waals surface area contributed by atoms with Gasteiger partial charge < -0.3 is 29.4 Å². The molecule has 0 saturated carbocycles. The molecule has 0 spiro atoms. The minimum absolute atomic E-state index is 0.157. The third kappa shape index (κ3) is 4.52. The van der Waals surface area contributed by atoms with Crippen molar-refractivity contribution in [1.29, 1.82) is 0 Å². The lowest BCUT2D eigenvalue weighted by Crippen LogP contribution is -2.54. The normalized spacial score (nSPS) is 16.2. The first-order valence-electron chi connectivity index (χ1n) is 10.8. The number of aryl methyl sites for hydroxylation is 2. The molecular formula is C22H27N7O4. The number of aromatic nitrogens is 4. The molecule has 0 aliphatic carbocycles. The second-order valence-electron chi connectivity index (χ2n) is 8.09. The first kappa shape index (κ1) is 22.3. The number of nitrogens with one attached hydrogen (secondary N) is 1. The maximum Gasteiger partial charge on any atom is 0.407 e. The van der Waals surface area contributed by atoms with Crippen molar-refractivity contribution in [3.8, 4) is 5.75 Å². The van der Waals surface area contributed by atoms with Crippen LogP contribution in [0.2, 0.25) is 0 Å². The van der Waals surface area contributed by atoms with E-state index in [1.807, 2.05) is 38.8 Å². The fourth-order valence-electron chi connectivity index (χ4n) is 4.06. The number of fused-ring (bicyclic) bond motifs is 1. The van der Waals surface area contributed by atoms with Crippen LogP contribution in [0.25, 0.3) is 5.65 Å². The number of amides is 2. The van der Waals surface area contributed by atoms with Gasteiger partial charge in [0.2, 0.25) is 0 Å². The van der Waals surface area contributed by atoms with E-state index in [4.69, 9.17) is 4.74 Å². The summed E-state index contributed by atoms with van der Waals surface area (Å²) < 4.78 is 7.45. The Morgan fingerprint density at radius 2 is 2.00 bits per heavy atom. The van der Waals surface area contributed by atoms with Crippen molar-refractivity contribution < 1.29 is 19.4 Å². The van der Waals surface area contributed by atoms with Gasteiger partial charge in [0, 0.05) is 44.1 Å². The van der Waals surface area contributed by atoms with E-state index in [1.54, 1.807) is 22.7 Å². The van der Waals surface area contributed by atoms with Crippen LogP contribution in [0.5, 0.6) is 5.75 Å². The molecule has 0 bridgehead atoms. The Kier molecular flexibility index (Phi) is 6.03. The number of hydrogen-bond donors (Lipinski definition) is 2. The summed E-state index contributed by atoms with van der Waals surface area (Å²) in [7, 11) is 0. The van der Waals surface area contributed by atoms with Crippen molar-refractivity contribution in [3.05, 3.63) is 41.3 Å². The molecule has 2 amide bonds. The van der Waals surface area contributed by atoms with Crippen LogP contribution < -0.4 is 15.0 Å². The number of carbonyl (C=O) groups excluding carboxylic acids is 1. The number of pyridine rings is 1. The zero-order valence-corrected chi connectivity index (χ0v) is 19.1. The molecule has 3 aromatic rings. The number of imidazole rings is 1. The molecule has 0 radical (unpaired) electrons. The number of carbonyl (C=O) groups is 2. The molecule has 1 fully saturated rings. The standard InChI is InChI=1S/C22H27N7O4/c1-5-33-17-9-19-23-14(3)10-28(19)12-16(17)21(30)24-18-8-13(2)20(26-25-18)27-6-7-29(22(31)32)15(4)11-27/h8-10,12,15H,5-7,11H2,1-4H3,(H,31,32)(H,24,25,30)/t15-/m0/s1. The average Bonchev–Trinajstić information content (AvgIpc) is 3.12. The molecule has 4 rings (SSSR count). The quantitative estimate of drug-likeness (QED) is 0.604. The Labute approximate surface area is 191 Å². The molecule has 0 aromatic carbocycles. The van der Waals surface area contributed by atoms with Crippen molar-refractivity contribution in [3.63, 3.8) is 0 Å². The number of carboxylic acid groups (broad SMARTS) is 1. The molecule has 3 aromatic heterocycles. The third-order valence-electron chi connectivity index (χ3n) is 5.59. The Morgan fingerprint density at radius 1 is 1.21 bits per heavy atom. The van der Waals surface area contributed by atoms with Gasteiger partial charge in [-0.2, -0.15) is 0 Å². The Morgan fingerprint density at radius 3 is 2.67 bits per heavy atom. The highest BCUT2D eigenvalue weighted by Gasteiger charge is 2.28. The molecule has 1 aliphatic heterocycles. The van der Waals surface area contributed by atoms with Crippen LogP contribution in [0.3, 0.4) is 0 Å². The Hall–Kier alpha value is -3.89. The highest BCUT2D eigenvalue weighted by molar-refractivity contribution is 6.05. The lowest BCUT2D eigenvalue weighted by atomic mass is 10.2. The Bertz CT molecular complexity index is 1210. The maximum absolute atomic E-state index is 13.0. The largest absolute Gasteiger partial charge is 0.493 e. The minimum Gasteiger partial charge on any atom is -0.493 e. The number of ether oxygens (including phenoxy) is 1. The van der Waals surface area contributed by atoms with Gasteiger partial charge in [-0.3, -0.25) is 4.79 Å². The topological polar surface area (TPSA) is 125 Å². The van der Waals surface area contributed by atoms with Crippen LogP contribution in [0.15, 0.2) is 24.5 Å². The summed E-state index contributed by atoms with van der Waals surface area (Å²) in [5.41, 5.74) is 2.74. The van der Waals surface area contributed by atoms with Gasteiger partial charge in [0.05, 0.1) is 17.9 Å². The molecule has 11 heteroatoms. The Balaban J connectivity index is 1.53.